The van der Waals surface area contributed by atoms with Crippen LogP contribution in [0.1, 0.15) is 38.6 Å². The average Bonchev–Trinajstić information content (AvgIpc) is 3.02. The molecule has 0 radical (unpaired) electrons. The van der Waals surface area contributed by atoms with Crippen LogP contribution in [0.4, 0.5) is 0 Å². The number of benzene rings is 1. The summed E-state index contributed by atoms with van der Waals surface area (Å²) in [5, 5.41) is 1.80. The second-order valence-electron chi connectivity index (χ2n) is 6.50. The van der Waals surface area contributed by atoms with E-state index in [1.165, 1.54) is 23.1 Å². The van der Waals surface area contributed by atoms with Gasteiger partial charge in [-0.2, -0.15) is 0 Å². The number of thiophene rings is 1. The standard InChI is InChI=1S/C21H22N2O3S2/c1-12-15-7-5-6-8-18(15)28-20(12)17(24)11-26-19(25)10-9-16-13(2)22-21(27-4)23-14(16)3/h5-8H,9-11H2,1-4H3. The summed E-state index contributed by atoms with van der Waals surface area (Å²) >= 11 is 2.93. The molecule has 0 saturated heterocycles. The smallest absolute Gasteiger partial charge is 0.306 e. The summed E-state index contributed by atoms with van der Waals surface area (Å²) < 4.78 is 6.29. The molecule has 1 aromatic carbocycles. The second kappa shape index (κ2) is 8.84. The predicted molar refractivity (Wildman–Crippen MR) is 113 cm³/mol. The van der Waals surface area contributed by atoms with Crippen LogP contribution in [0.2, 0.25) is 0 Å². The largest absolute Gasteiger partial charge is 0.457 e. The molecule has 0 aliphatic heterocycles. The van der Waals surface area contributed by atoms with Crippen molar-refractivity contribution in [1.82, 2.24) is 9.97 Å². The van der Waals surface area contributed by atoms with E-state index in [9.17, 15) is 9.59 Å². The Hall–Kier alpha value is -2.25. The number of carbonyl (C=O) groups is 2. The Morgan fingerprint density at radius 1 is 1.11 bits per heavy atom. The SMILES string of the molecule is CSc1nc(C)c(CCC(=O)OCC(=O)c2sc3ccccc3c2C)c(C)n1. The highest BCUT2D eigenvalue weighted by Gasteiger charge is 2.17. The summed E-state index contributed by atoms with van der Waals surface area (Å²) in [5.74, 6) is -0.549. The molecule has 0 aliphatic carbocycles. The number of aryl methyl sites for hydroxylation is 3. The van der Waals surface area contributed by atoms with E-state index in [1.807, 2.05) is 51.3 Å². The number of thioether (sulfide) groups is 1. The van der Waals surface area contributed by atoms with Crippen molar-refractivity contribution in [2.75, 3.05) is 12.9 Å². The van der Waals surface area contributed by atoms with Crippen LogP contribution < -0.4 is 0 Å². The van der Waals surface area contributed by atoms with Crippen molar-refractivity contribution in [3.05, 3.63) is 51.7 Å². The third-order valence-corrected chi connectivity index (χ3v) is 6.48. The lowest BCUT2D eigenvalue weighted by molar-refractivity contribution is -0.142. The van der Waals surface area contributed by atoms with E-state index < -0.39 is 0 Å². The fraction of sp³-hybridized carbons (Fsp3) is 0.333. The molecule has 3 rings (SSSR count). The molecule has 2 heterocycles. The van der Waals surface area contributed by atoms with Crippen molar-refractivity contribution in [2.45, 2.75) is 38.8 Å². The summed E-state index contributed by atoms with van der Waals surface area (Å²) in [4.78, 5) is 34.1. The van der Waals surface area contributed by atoms with Gasteiger partial charge in [0.2, 0.25) is 5.78 Å². The molecule has 28 heavy (non-hydrogen) atoms. The van der Waals surface area contributed by atoms with Gasteiger partial charge in [0.15, 0.2) is 11.8 Å². The quantitative estimate of drug-likeness (QED) is 0.242. The fourth-order valence-electron chi connectivity index (χ4n) is 3.11. The first-order chi connectivity index (χ1) is 13.4. The van der Waals surface area contributed by atoms with Gasteiger partial charge < -0.3 is 4.74 Å². The Morgan fingerprint density at radius 3 is 2.43 bits per heavy atom. The second-order valence-corrected chi connectivity index (χ2v) is 8.32. The number of ketones is 1. The average molecular weight is 415 g/mol. The van der Waals surface area contributed by atoms with Gasteiger partial charge in [-0.15, -0.1) is 11.3 Å². The molecule has 0 bridgehead atoms. The van der Waals surface area contributed by atoms with E-state index in [0.717, 1.165) is 37.8 Å². The molecule has 3 aromatic rings. The molecule has 7 heteroatoms. The maximum atomic E-state index is 12.5. The fourth-order valence-corrected chi connectivity index (χ4v) is 4.70. The third-order valence-electron chi connectivity index (χ3n) is 4.62. The normalized spacial score (nSPS) is 11.0. The van der Waals surface area contributed by atoms with Gasteiger partial charge in [-0.3, -0.25) is 9.59 Å². The zero-order valence-electron chi connectivity index (χ0n) is 16.4. The zero-order chi connectivity index (χ0) is 20.3. The molecular formula is C21H22N2O3S2. The molecule has 0 saturated carbocycles. The number of Topliss-reactive ketones (excluding diaryl/α,β-unsaturated/α-hetero) is 1. The van der Waals surface area contributed by atoms with Gasteiger partial charge in [0.05, 0.1) is 4.88 Å². The molecular weight excluding hydrogens is 392 g/mol. The van der Waals surface area contributed by atoms with Crippen LogP contribution in [0.25, 0.3) is 10.1 Å². The summed E-state index contributed by atoms with van der Waals surface area (Å²) in [6, 6.07) is 7.89. The first kappa shape index (κ1) is 20.5. The summed E-state index contributed by atoms with van der Waals surface area (Å²) in [7, 11) is 0. The highest BCUT2D eigenvalue weighted by atomic mass is 32.2. The maximum Gasteiger partial charge on any atom is 0.306 e. The van der Waals surface area contributed by atoms with Gasteiger partial charge in [-0.05, 0) is 56.0 Å². The van der Waals surface area contributed by atoms with Crippen LogP contribution >= 0.6 is 23.1 Å². The van der Waals surface area contributed by atoms with Crippen LogP contribution in [0.15, 0.2) is 29.4 Å². The first-order valence-electron chi connectivity index (χ1n) is 8.95. The number of ether oxygens (including phenoxy) is 1. The van der Waals surface area contributed by atoms with Gasteiger partial charge in [0.25, 0.3) is 0 Å². The Bertz CT molecular complexity index is 1020. The van der Waals surface area contributed by atoms with Crippen molar-refractivity contribution in [1.29, 1.82) is 0 Å². The minimum Gasteiger partial charge on any atom is -0.457 e. The van der Waals surface area contributed by atoms with E-state index in [1.54, 1.807) is 0 Å². The number of aromatic nitrogens is 2. The molecule has 0 N–H and O–H groups in total. The Labute approximate surface area is 172 Å². The van der Waals surface area contributed by atoms with Crippen LogP contribution in [0.3, 0.4) is 0 Å². The number of nitrogens with zero attached hydrogens (tertiary/aromatic N) is 2. The lowest BCUT2D eigenvalue weighted by Gasteiger charge is -2.10. The highest BCUT2D eigenvalue weighted by molar-refractivity contribution is 7.98. The number of hydrogen-bond acceptors (Lipinski definition) is 7. The van der Waals surface area contributed by atoms with Gasteiger partial charge in [0.1, 0.15) is 0 Å². The number of rotatable bonds is 7. The lowest BCUT2D eigenvalue weighted by atomic mass is 10.1. The summed E-state index contributed by atoms with van der Waals surface area (Å²) in [6.45, 7) is 5.54. The molecule has 5 nitrogen and oxygen atoms in total. The molecule has 0 fully saturated rings. The topological polar surface area (TPSA) is 69.2 Å². The van der Waals surface area contributed by atoms with Gasteiger partial charge >= 0.3 is 5.97 Å². The lowest BCUT2D eigenvalue weighted by Crippen LogP contribution is -2.15. The molecule has 0 aliphatic rings. The molecule has 2 aromatic heterocycles. The van der Waals surface area contributed by atoms with Crippen molar-refractivity contribution in [3.63, 3.8) is 0 Å². The Balaban J connectivity index is 1.58. The van der Waals surface area contributed by atoms with E-state index in [-0.39, 0.29) is 24.8 Å². The monoisotopic (exact) mass is 414 g/mol. The first-order valence-corrected chi connectivity index (χ1v) is 11.0. The van der Waals surface area contributed by atoms with Crippen LogP contribution in [0, 0.1) is 20.8 Å². The third kappa shape index (κ3) is 4.42. The number of carbonyl (C=O) groups excluding carboxylic acids is 2. The Kier molecular flexibility index (Phi) is 6.46. The molecule has 0 spiro atoms. The van der Waals surface area contributed by atoms with Crippen molar-refractivity contribution >= 4 is 44.9 Å². The molecule has 0 unspecified atom stereocenters. The summed E-state index contributed by atoms with van der Waals surface area (Å²) in [6.07, 6.45) is 2.63. The predicted octanol–water partition coefficient (Wildman–Crippen LogP) is 4.70. The molecule has 146 valence electrons. The van der Waals surface area contributed by atoms with E-state index >= 15 is 0 Å². The van der Waals surface area contributed by atoms with Crippen molar-refractivity contribution in [3.8, 4) is 0 Å². The number of fused-ring (bicyclic) bond motifs is 1. The summed E-state index contributed by atoms with van der Waals surface area (Å²) in [5.41, 5.74) is 3.66. The van der Waals surface area contributed by atoms with Crippen molar-refractivity contribution < 1.29 is 14.3 Å². The molecule has 0 amide bonds. The minimum atomic E-state index is -0.389. The Morgan fingerprint density at radius 2 is 1.79 bits per heavy atom. The minimum absolute atomic E-state index is 0.160. The van der Waals surface area contributed by atoms with E-state index in [2.05, 4.69) is 9.97 Å². The maximum absolute atomic E-state index is 12.5. The number of esters is 1. The molecule has 0 atom stereocenters. The van der Waals surface area contributed by atoms with Crippen LogP contribution in [-0.2, 0) is 16.0 Å². The van der Waals surface area contributed by atoms with Gasteiger partial charge in [-0.25, -0.2) is 9.97 Å². The van der Waals surface area contributed by atoms with Crippen molar-refractivity contribution in [2.24, 2.45) is 0 Å². The van der Waals surface area contributed by atoms with Crippen LogP contribution in [0.5, 0.6) is 0 Å². The van der Waals surface area contributed by atoms with Crippen LogP contribution in [-0.4, -0.2) is 34.6 Å². The van der Waals surface area contributed by atoms with Gasteiger partial charge in [0, 0.05) is 22.5 Å². The van der Waals surface area contributed by atoms with E-state index in [4.69, 9.17) is 4.74 Å². The highest BCUT2D eigenvalue weighted by Crippen LogP contribution is 2.30. The van der Waals surface area contributed by atoms with Gasteiger partial charge in [-0.1, -0.05) is 30.0 Å². The zero-order valence-corrected chi connectivity index (χ0v) is 18.0. The number of hydrogen-bond donors (Lipinski definition) is 0. The van der Waals surface area contributed by atoms with E-state index in [0.29, 0.717) is 11.3 Å².